The lowest BCUT2D eigenvalue weighted by atomic mass is 9.96. The second kappa shape index (κ2) is 6.91. The minimum Gasteiger partial charge on any atom is -0.480 e. The molecule has 1 rings (SSSR count). The Bertz CT molecular complexity index is 441. The molecule has 2 N–H and O–H groups in total. The van der Waals surface area contributed by atoms with Crippen molar-refractivity contribution in [1.82, 2.24) is 5.32 Å². The van der Waals surface area contributed by atoms with Crippen molar-refractivity contribution in [3.05, 3.63) is 30.1 Å². The van der Waals surface area contributed by atoms with Crippen molar-refractivity contribution in [3.63, 3.8) is 0 Å². The van der Waals surface area contributed by atoms with Gasteiger partial charge in [0.1, 0.15) is 11.4 Å². The number of nitrogens with one attached hydrogen (secondary N) is 1. The molecule has 0 amide bonds. The van der Waals surface area contributed by atoms with Crippen LogP contribution in [-0.2, 0) is 4.79 Å². The van der Waals surface area contributed by atoms with Crippen molar-refractivity contribution in [1.29, 1.82) is 0 Å². The smallest absolute Gasteiger partial charge is 0.323 e. The minimum absolute atomic E-state index is 0.00273. The van der Waals surface area contributed by atoms with Crippen molar-refractivity contribution in [3.8, 4) is 0 Å². The van der Waals surface area contributed by atoms with E-state index < -0.39 is 11.5 Å². The second-order valence-electron chi connectivity index (χ2n) is 4.73. The summed E-state index contributed by atoms with van der Waals surface area (Å²) < 4.78 is 13.5. The van der Waals surface area contributed by atoms with Gasteiger partial charge in [0.25, 0.3) is 0 Å². The van der Waals surface area contributed by atoms with Crippen molar-refractivity contribution in [2.45, 2.75) is 42.9 Å². The van der Waals surface area contributed by atoms with Crippen molar-refractivity contribution in [2.75, 3.05) is 6.54 Å². The third kappa shape index (κ3) is 4.51. The summed E-state index contributed by atoms with van der Waals surface area (Å²) >= 11 is 1.36. The first-order valence-electron chi connectivity index (χ1n) is 6.28. The Kier molecular flexibility index (Phi) is 5.82. The van der Waals surface area contributed by atoms with Crippen LogP contribution in [0.25, 0.3) is 0 Å². The zero-order valence-electron chi connectivity index (χ0n) is 11.4. The van der Waals surface area contributed by atoms with Gasteiger partial charge in [0, 0.05) is 10.1 Å². The van der Waals surface area contributed by atoms with Crippen LogP contribution in [0.5, 0.6) is 0 Å². The number of hydrogen-bond donors (Lipinski definition) is 2. The molecule has 0 radical (unpaired) electrons. The van der Waals surface area contributed by atoms with E-state index in [9.17, 15) is 14.3 Å². The lowest BCUT2D eigenvalue weighted by Gasteiger charge is -2.28. The highest BCUT2D eigenvalue weighted by Gasteiger charge is 2.34. The van der Waals surface area contributed by atoms with Gasteiger partial charge in [-0.15, -0.1) is 11.8 Å². The van der Waals surface area contributed by atoms with Crippen LogP contribution < -0.4 is 5.32 Å². The summed E-state index contributed by atoms with van der Waals surface area (Å²) in [6.07, 6.45) is 0.426. The van der Waals surface area contributed by atoms with Gasteiger partial charge in [-0.3, -0.25) is 4.79 Å². The zero-order chi connectivity index (χ0) is 14.5. The van der Waals surface area contributed by atoms with Crippen molar-refractivity contribution in [2.24, 2.45) is 0 Å². The number of halogens is 1. The van der Waals surface area contributed by atoms with E-state index in [-0.39, 0.29) is 11.1 Å². The van der Waals surface area contributed by atoms with Crippen LogP contribution in [0.3, 0.4) is 0 Å². The normalized spacial score (nSPS) is 15.8. The van der Waals surface area contributed by atoms with Crippen LogP contribution >= 0.6 is 11.8 Å². The molecule has 2 atom stereocenters. The molecule has 0 bridgehead atoms. The Balaban J connectivity index is 2.71. The van der Waals surface area contributed by atoms with E-state index in [1.165, 1.54) is 17.8 Å². The van der Waals surface area contributed by atoms with E-state index >= 15 is 0 Å². The van der Waals surface area contributed by atoms with Crippen molar-refractivity contribution >= 4 is 17.7 Å². The van der Waals surface area contributed by atoms with Gasteiger partial charge in [0.2, 0.25) is 0 Å². The Hall–Kier alpha value is -1.07. The molecule has 0 saturated carbocycles. The molecule has 106 valence electrons. The van der Waals surface area contributed by atoms with Gasteiger partial charge in [0.05, 0.1) is 0 Å². The number of rotatable bonds is 7. The maximum atomic E-state index is 13.5. The molecule has 0 aliphatic rings. The Labute approximate surface area is 117 Å². The third-order valence-electron chi connectivity index (χ3n) is 2.90. The highest BCUT2D eigenvalue weighted by atomic mass is 32.2. The molecule has 2 unspecified atom stereocenters. The van der Waals surface area contributed by atoms with Gasteiger partial charge in [0.15, 0.2) is 0 Å². The number of likely N-dealkylation sites (N-methyl/N-ethyl adjacent to an activating group) is 1. The molecule has 3 nitrogen and oxygen atoms in total. The topological polar surface area (TPSA) is 49.3 Å². The standard InChI is InChI=1S/C14H20FNO2S/c1-4-16-14(3,13(17)18)9-10(2)19-12-8-6-5-7-11(12)15/h5-8,10,16H,4,9H2,1-3H3,(H,17,18). The SMILES string of the molecule is CCNC(C)(CC(C)Sc1ccccc1F)C(=O)O. The number of carbonyl (C=O) groups is 1. The Morgan fingerprint density at radius 1 is 1.53 bits per heavy atom. The number of aliphatic carboxylic acids is 1. The van der Waals surface area contributed by atoms with Crippen LogP contribution in [0.2, 0.25) is 0 Å². The van der Waals surface area contributed by atoms with Gasteiger partial charge < -0.3 is 10.4 Å². The molecule has 0 spiro atoms. The molecule has 0 fully saturated rings. The molecular weight excluding hydrogens is 265 g/mol. The number of benzene rings is 1. The van der Waals surface area contributed by atoms with E-state index in [0.29, 0.717) is 17.9 Å². The average Bonchev–Trinajstić information content (AvgIpc) is 2.32. The minimum atomic E-state index is -0.980. The molecule has 19 heavy (non-hydrogen) atoms. The monoisotopic (exact) mass is 285 g/mol. The molecule has 0 saturated heterocycles. The Morgan fingerprint density at radius 2 is 2.16 bits per heavy atom. The van der Waals surface area contributed by atoms with Crippen molar-refractivity contribution < 1.29 is 14.3 Å². The lowest BCUT2D eigenvalue weighted by molar-refractivity contribution is -0.144. The van der Waals surface area contributed by atoms with E-state index in [0.717, 1.165) is 0 Å². The number of thioether (sulfide) groups is 1. The highest BCUT2D eigenvalue weighted by molar-refractivity contribution is 8.00. The molecule has 1 aromatic carbocycles. The summed E-state index contributed by atoms with van der Waals surface area (Å²) in [5.74, 6) is -1.14. The first-order valence-corrected chi connectivity index (χ1v) is 7.16. The number of hydrogen-bond acceptors (Lipinski definition) is 3. The lowest BCUT2D eigenvalue weighted by Crippen LogP contribution is -2.50. The fourth-order valence-corrected chi connectivity index (χ4v) is 3.19. The maximum Gasteiger partial charge on any atom is 0.323 e. The van der Waals surface area contributed by atoms with Crippen LogP contribution in [0.15, 0.2) is 29.2 Å². The zero-order valence-corrected chi connectivity index (χ0v) is 12.3. The molecular formula is C14H20FNO2S. The second-order valence-corrected chi connectivity index (χ2v) is 6.21. The van der Waals surface area contributed by atoms with E-state index in [1.807, 2.05) is 13.8 Å². The summed E-state index contributed by atoms with van der Waals surface area (Å²) in [6, 6.07) is 6.54. The average molecular weight is 285 g/mol. The highest BCUT2D eigenvalue weighted by Crippen LogP contribution is 2.30. The van der Waals surface area contributed by atoms with E-state index in [4.69, 9.17) is 0 Å². The van der Waals surface area contributed by atoms with Crippen LogP contribution in [0.1, 0.15) is 27.2 Å². The quantitative estimate of drug-likeness (QED) is 0.756. The Morgan fingerprint density at radius 3 is 2.68 bits per heavy atom. The van der Waals surface area contributed by atoms with Crippen LogP contribution in [-0.4, -0.2) is 28.4 Å². The van der Waals surface area contributed by atoms with E-state index in [2.05, 4.69) is 5.32 Å². The predicted octanol–water partition coefficient (Wildman–Crippen LogP) is 3.15. The molecule has 0 aromatic heterocycles. The largest absolute Gasteiger partial charge is 0.480 e. The molecule has 0 aliphatic heterocycles. The summed E-state index contributed by atoms with van der Waals surface area (Å²) in [5, 5.41) is 12.3. The third-order valence-corrected chi connectivity index (χ3v) is 4.05. The van der Waals surface area contributed by atoms with Gasteiger partial charge in [-0.2, -0.15) is 0 Å². The fraction of sp³-hybridized carbons (Fsp3) is 0.500. The molecule has 0 heterocycles. The van der Waals surface area contributed by atoms with Crippen LogP contribution in [0, 0.1) is 5.82 Å². The van der Waals surface area contributed by atoms with Gasteiger partial charge in [-0.1, -0.05) is 26.0 Å². The molecule has 1 aromatic rings. The number of carboxylic acids is 1. The summed E-state index contributed by atoms with van der Waals surface area (Å²) in [4.78, 5) is 11.9. The van der Waals surface area contributed by atoms with Gasteiger partial charge >= 0.3 is 5.97 Å². The summed E-state index contributed by atoms with van der Waals surface area (Å²) in [5.41, 5.74) is -0.980. The van der Waals surface area contributed by atoms with Crippen LogP contribution in [0.4, 0.5) is 4.39 Å². The summed E-state index contributed by atoms with van der Waals surface area (Å²) in [6.45, 7) is 6.03. The van der Waals surface area contributed by atoms with E-state index in [1.54, 1.807) is 25.1 Å². The van der Waals surface area contributed by atoms with Gasteiger partial charge in [-0.05, 0) is 32.0 Å². The molecule has 0 aliphatic carbocycles. The maximum absolute atomic E-state index is 13.5. The summed E-state index contributed by atoms with van der Waals surface area (Å²) in [7, 11) is 0. The predicted molar refractivity (Wildman–Crippen MR) is 76.1 cm³/mol. The number of carboxylic acid groups (broad SMARTS) is 1. The van der Waals surface area contributed by atoms with Gasteiger partial charge in [-0.25, -0.2) is 4.39 Å². The first-order chi connectivity index (χ1) is 8.89. The fourth-order valence-electron chi connectivity index (χ4n) is 2.00. The first kappa shape index (κ1) is 16.0. The molecule has 5 heteroatoms.